The Labute approximate surface area is 159 Å². The van der Waals surface area contributed by atoms with Crippen LogP contribution in [0.3, 0.4) is 0 Å². The van der Waals surface area contributed by atoms with Gasteiger partial charge in [-0.25, -0.2) is 14.8 Å². The molecule has 140 valence electrons. The van der Waals surface area contributed by atoms with Crippen molar-refractivity contribution in [2.75, 3.05) is 24.7 Å². The molecule has 0 aliphatic carbocycles. The zero-order valence-electron chi connectivity index (χ0n) is 14.5. The molecular weight excluding hydrogens is 380 g/mol. The summed E-state index contributed by atoms with van der Waals surface area (Å²) in [5.74, 6) is 0.00914. The van der Waals surface area contributed by atoms with Crippen LogP contribution >= 0.6 is 23.4 Å². The molecule has 0 N–H and O–H groups in total. The number of esters is 2. The van der Waals surface area contributed by atoms with Gasteiger partial charge in [0.1, 0.15) is 5.52 Å². The number of rotatable bonds is 6. The smallest absolute Gasteiger partial charge is 0.333 e. The third kappa shape index (κ3) is 3.25. The molecule has 0 bridgehead atoms. The van der Waals surface area contributed by atoms with Crippen molar-refractivity contribution in [1.82, 2.24) is 19.5 Å². The molecule has 0 radical (unpaired) electrons. The third-order valence-electron chi connectivity index (χ3n) is 4.35. The molecule has 0 amide bonds. The molecule has 1 aliphatic heterocycles. The second kappa shape index (κ2) is 7.79. The molecule has 8 nitrogen and oxygen atoms in total. The number of halogens is 1. The van der Waals surface area contributed by atoms with Gasteiger partial charge in [-0.05, 0) is 31.2 Å². The van der Waals surface area contributed by atoms with Crippen molar-refractivity contribution < 1.29 is 19.1 Å². The van der Waals surface area contributed by atoms with Crippen LogP contribution in [0, 0.1) is 5.92 Å². The Balaban J connectivity index is 2.10. The van der Waals surface area contributed by atoms with Gasteiger partial charge in [0.25, 0.3) is 0 Å². The van der Waals surface area contributed by atoms with Gasteiger partial charge in [-0.3, -0.25) is 9.36 Å². The van der Waals surface area contributed by atoms with Gasteiger partial charge in [0.05, 0.1) is 32.2 Å². The lowest BCUT2D eigenvalue weighted by atomic mass is 9.84. The van der Waals surface area contributed by atoms with Crippen LogP contribution in [-0.4, -0.2) is 56.2 Å². The number of hydrogen-bond acceptors (Lipinski definition) is 8. The first kappa shape index (κ1) is 18.9. The fourth-order valence-corrected chi connectivity index (χ4v) is 4.92. The average Bonchev–Trinajstić information content (AvgIpc) is 3.19. The SMILES string of the molecule is CCOC(=O)CC1CSCC1(C(=O)OCC)n1cnc2cnc(Cl)nc21. The van der Waals surface area contributed by atoms with E-state index < -0.39 is 11.5 Å². The molecule has 1 aliphatic rings. The molecule has 10 heteroatoms. The highest BCUT2D eigenvalue weighted by Crippen LogP contribution is 2.44. The van der Waals surface area contributed by atoms with Gasteiger partial charge >= 0.3 is 11.9 Å². The molecule has 2 aromatic rings. The summed E-state index contributed by atoms with van der Waals surface area (Å²) >= 11 is 7.52. The molecule has 3 heterocycles. The fourth-order valence-electron chi connectivity index (χ4n) is 3.19. The molecule has 3 rings (SSSR count). The molecule has 0 spiro atoms. The minimum absolute atomic E-state index is 0.0610. The molecular formula is C16H19ClN4O4S. The molecule has 1 fully saturated rings. The number of carbonyl (C=O) groups is 2. The number of imidazole rings is 1. The second-order valence-corrected chi connectivity index (χ2v) is 7.20. The second-order valence-electron chi connectivity index (χ2n) is 5.83. The summed E-state index contributed by atoms with van der Waals surface area (Å²) in [6.45, 7) is 4.03. The first-order valence-corrected chi connectivity index (χ1v) is 9.82. The summed E-state index contributed by atoms with van der Waals surface area (Å²) in [5, 5.41) is 0.0610. The normalized spacial score (nSPS) is 22.5. The van der Waals surface area contributed by atoms with Crippen LogP contribution in [0.2, 0.25) is 5.28 Å². The van der Waals surface area contributed by atoms with Crippen molar-refractivity contribution in [3.63, 3.8) is 0 Å². The summed E-state index contributed by atoms with van der Waals surface area (Å²) in [6, 6.07) is 0. The van der Waals surface area contributed by atoms with Gasteiger partial charge in [-0.15, -0.1) is 0 Å². The topological polar surface area (TPSA) is 96.2 Å². The van der Waals surface area contributed by atoms with E-state index in [1.54, 1.807) is 30.2 Å². The Bertz CT molecular complexity index is 830. The first-order valence-electron chi connectivity index (χ1n) is 8.29. The number of carbonyl (C=O) groups excluding carboxylic acids is 2. The van der Waals surface area contributed by atoms with Gasteiger partial charge in [0, 0.05) is 11.7 Å². The lowest BCUT2D eigenvalue weighted by molar-refractivity contribution is -0.156. The van der Waals surface area contributed by atoms with Crippen molar-refractivity contribution >= 4 is 46.5 Å². The quantitative estimate of drug-likeness (QED) is 0.538. The standard InChI is InChI=1S/C16H19ClN4O4S/c1-3-24-12(22)5-10-7-26-8-16(10,14(23)25-4-2)21-9-19-11-6-18-15(17)20-13(11)21/h6,9-10H,3-5,7-8H2,1-2H3. The Morgan fingerprint density at radius 2 is 2.12 bits per heavy atom. The van der Waals surface area contributed by atoms with E-state index in [4.69, 9.17) is 21.1 Å². The van der Waals surface area contributed by atoms with Crippen LogP contribution < -0.4 is 0 Å². The number of fused-ring (bicyclic) bond motifs is 1. The van der Waals surface area contributed by atoms with E-state index in [0.29, 0.717) is 29.3 Å². The molecule has 26 heavy (non-hydrogen) atoms. The van der Waals surface area contributed by atoms with Gasteiger partial charge in [0.15, 0.2) is 11.2 Å². The number of thioether (sulfide) groups is 1. The Kier molecular flexibility index (Phi) is 5.67. The zero-order chi connectivity index (χ0) is 18.7. The van der Waals surface area contributed by atoms with Crippen LogP contribution in [0.25, 0.3) is 11.2 Å². The maximum absolute atomic E-state index is 13.0. The summed E-state index contributed by atoms with van der Waals surface area (Å²) in [5.41, 5.74) is -0.140. The highest BCUT2D eigenvalue weighted by molar-refractivity contribution is 7.99. The van der Waals surface area contributed by atoms with Crippen LogP contribution in [-0.2, 0) is 24.6 Å². The number of nitrogens with zero attached hydrogens (tertiary/aromatic N) is 4. The highest BCUT2D eigenvalue weighted by atomic mass is 35.5. The van der Waals surface area contributed by atoms with Crippen LogP contribution in [0.4, 0.5) is 0 Å². The Morgan fingerprint density at radius 3 is 2.85 bits per heavy atom. The van der Waals surface area contributed by atoms with Crippen molar-refractivity contribution in [2.24, 2.45) is 5.92 Å². The molecule has 1 saturated heterocycles. The summed E-state index contributed by atoms with van der Waals surface area (Å²) in [7, 11) is 0. The van der Waals surface area contributed by atoms with E-state index in [0.717, 1.165) is 0 Å². The lowest BCUT2D eigenvalue weighted by Crippen LogP contribution is -2.49. The van der Waals surface area contributed by atoms with Crippen LogP contribution in [0.15, 0.2) is 12.5 Å². The minimum atomic E-state index is -1.10. The number of hydrogen-bond donors (Lipinski definition) is 0. The van der Waals surface area contributed by atoms with E-state index in [-0.39, 0.29) is 30.2 Å². The molecule has 2 unspecified atom stereocenters. The molecule has 0 aromatic carbocycles. The molecule has 2 aromatic heterocycles. The van der Waals surface area contributed by atoms with E-state index in [2.05, 4.69) is 15.0 Å². The van der Waals surface area contributed by atoms with Crippen molar-refractivity contribution in [2.45, 2.75) is 25.8 Å². The largest absolute Gasteiger partial charge is 0.466 e. The highest BCUT2D eigenvalue weighted by Gasteiger charge is 2.54. The summed E-state index contributed by atoms with van der Waals surface area (Å²) < 4.78 is 12.1. The minimum Gasteiger partial charge on any atom is -0.466 e. The number of aromatic nitrogens is 4. The first-order chi connectivity index (χ1) is 12.5. The summed E-state index contributed by atoms with van der Waals surface area (Å²) in [4.78, 5) is 37.6. The molecule has 0 saturated carbocycles. The Morgan fingerprint density at radius 1 is 1.35 bits per heavy atom. The Hall–Kier alpha value is -1.87. The van der Waals surface area contributed by atoms with Crippen molar-refractivity contribution in [3.05, 3.63) is 17.8 Å². The zero-order valence-corrected chi connectivity index (χ0v) is 16.0. The summed E-state index contributed by atoms with van der Waals surface area (Å²) in [6.07, 6.45) is 3.15. The predicted octanol–water partition coefficient (Wildman–Crippen LogP) is 2.05. The van der Waals surface area contributed by atoms with Gasteiger partial charge in [-0.2, -0.15) is 16.7 Å². The monoisotopic (exact) mass is 398 g/mol. The maximum atomic E-state index is 13.0. The van der Waals surface area contributed by atoms with E-state index >= 15 is 0 Å². The maximum Gasteiger partial charge on any atom is 0.333 e. The molecule has 2 atom stereocenters. The predicted molar refractivity (Wildman–Crippen MR) is 97.0 cm³/mol. The van der Waals surface area contributed by atoms with Gasteiger partial charge in [-0.1, -0.05) is 0 Å². The van der Waals surface area contributed by atoms with Crippen LogP contribution in [0.5, 0.6) is 0 Å². The van der Waals surface area contributed by atoms with Crippen molar-refractivity contribution in [1.29, 1.82) is 0 Å². The van der Waals surface area contributed by atoms with E-state index in [1.807, 2.05) is 0 Å². The fraction of sp³-hybridized carbons (Fsp3) is 0.562. The van der Waals surface area contributed by atoms with E-state index in [1.165, 1.54) is 12.5 Å². The van der Waals surface area contributed by atoms with E-state index in [9.17, 15) is 9.59 Å². The third-order valence-corrected chi connectivity index (χ3v) is 5.82. The van der Waals surface area contributed by atoms with Gasteiger partial charge in [0.2, 0.25) is 5.28 Å². The number of ether oxygens (including phenoxy) is 2. The van der Waals surface area contributed by atoms with Crippen molar-refractivity contribution in [3.8, 4) is 0 Å². The van der Waals surface area contributed by atoms with Gasteiger partial charge < -0.3 is 9.47 Å². The average molecular weight is 399 g/mol. The lowest BCUT2D eigenvalue weighted by Gasteiger charge is -2.33. The van der Waals surface area contributed by atoms with Crippen LogP contribution in [0.1, 0.15) is 20.3 Å².